The molecule has 0 bridgehead atoms. The lowest BCUT2D eigenvalue weighted by Crippen LogP contribution is -2.39. The first-order valence-electron chi connectivity index (χ1n) is 8.57. The Kier molecular flexibility index (Phi) is 8.75. The standard InChI is InChI=1S/C18H29N3O3.HI/c1-12(2)8-14-6-7-21(11-14)18(19-4)20-10-15-9-16(13(3)24-15)17(22)23-5;/h9,12,14H,6-8,10-11H2,1-5H3,(H,19,20);1H. The number of aryl methyl sites for hydroxylation is 1. The largest absolute Gasteiger partial charge is 0.465 e. The molecule has 1 aliphatic heterocycles. The van der Waals surface area contributed by atoms with Crippen LogP contribution in [0.2, 0.25) is 0 Å². The molecule has 1 unspecified atom stereocenters. The van der Waals surface area contributed by atoms with Gasteiger partial charge in [-0.1, -0.05) is 13.8 Å². The molecular formula is C18H30IN3O3. The van der Waals surface area contributed by atoms with Crippen LogP contribution in [0.5, 0.6) is 0 Å². The van der Waals surface area contributed by atoms with Crippen LogP contribution in [0, 0.1) is 18.8 Å². The normalized spacial score (nSPS) is 17.6. The lowest BCUT2D eigenvalue weighted by atomic mass is 9.97. The molecule has 0 saturated carbocycles. The number of hydrogen-bond donors (Lipinski definition) is 1. The second-order valence-corrected chi connectivity index (χ2v) is 6.81. The number of esters is 1. The second kappa shape index (κ2) is 10.0. The molecule has 1 fully saturated rings. The highest BCUT2D eigenvalue weighted by Gasteiger charge is 2.25. The molecule has 0 aromatic carbocycles. The number of aliphatic imine (C=N–C) groups is 1. The van der Waals surface area contributed by atoms with Crippen molar-refractivity contribution in [2.75, 3.05) is 27.2 Å². The maximum Gasteiger partial charge on any atom is 0.341 e. The smallest absolute Gasteiger partial charge is 0.341 e. The zero-order valence-corrected chi connectivity index (χ0v) is 18.1. The number of nitrogens with one attached hydrogen (secondary N) is 1. The van der Waals surface area contributed by atoms with Gasteiger partial charge in [-0.3, -0.25) is 4.99 Å². The maximum atomic E-state index is 11.6. The summed E-state index contributed by atoms with van der Waals surface area (Å²) < 4.78 is 10.4. The van der Waals surface area contributed by atoms with E-state index in [1.54, 1.807) is 20.0 Å². The van der Waals surface area contributed by atoms with Gasteiger partial charge in [0, 0.05) is 20.1 Å². The van der Waals surface area contributed by atoms with Crippen LogP contribution in [0.3, 0.4) is 0 Å². The molecule has 1 aromatic heterocycles. The van der Waals surface area contributed by atoms with Crippen molar-refractivity contribution in [2.45, 2.75) is 40.2 Å². The predicted octanol–water partition coefficient (Wildman–Crippen LogP) is 3.44. The van der Waals surface area contributed by atoms with Crippen molar-refractivity contribution in [3.05, 3.63) is 23.2 Å². The number of methoxy groups -OCH3 is 1. The lowest BCUT2D eigenvalue weighted by Gasteiger charge is -2.21. The van der Waals surface area contributed by atoms with E-state index in [0.717, 1.165) is 30.9 Å². The summed E-state index contributed by atoms with van der Waals surface area (Å²) in [6.45, 7) is 8.88. The number of carbonyl (C=O) groups excluding carboxylic acids is 1. The number of rotatable bonds is 5. The summed E-state index contributed by atoms with van der Waals surface area (Å²) in [4.78, 5) is 18.3. The Morgan fingerprint density at radius 2 is 2.24 bits per heavy atom. The predicted molar refractivity (Wildman–Crippen MR) is 110 cm³/mol. The highest BCUT2D eigenvalue weighted by atomic mass is 127. The Balaban J connectivity index is 0.00000312. The maximum absolute atomic E-state index is 11.6. The van der Waals surface area contributed by atoms with Gasteiger partial charge in [-0.25, -0.2) is 4.79 Å². The molecule has 2 rings (SSSR count). The first kappa shape index (κ1) is 21.8. The summed E-state index contributed by atoms with van der Waals surface area (Å²) in [6, 6.07) is 1.73. The van der Waals surface area contributed by atoms with Gasteiger partial charge in [0.2, 0.25) is 0 Å². The van der Waals surface area contributed by atoms with Gasteiger partial charge in [-0.15, -0.1) is 24.0 Å². The van der Waals surface area contributed by atoms with Crippen LogP contribution in [0.4, 0.5) is 0 Å². The number of ether oxygens (including phenoxy) is 1. The van der Waals surface area contributed by atoms with E-state index in [2.05, 4.69) is 29.1 Å². The summed E-state index contributed by atoms with van der Waals surface area (Å²) in [6.07, 6.45) is 2.47. The molecule has 0 aliphatic carbocycles. The molecule has 1 N–H and O–H groups in total. The minimum absolute atomic E-state index is 0. The van der Waals surface area contributed by atoms with E-state index in [0.29, 0.717) is 23.6 Å². The topological polar surface area (TPSA) is 67.1 Å². The third-order valence-corrected chi connectivity index (χ3v) is 4.40. The third kappa shape index (κ3) is 5.90. The summed E-state index contributed by atoms with van der Waals surface area (Å²) in [7, 11) is 3.17. The van der Waals surface area contributed by atoms with E-state index in [9.17, 15) is 4.79 Å². The van der Waals surface area contributed by atoms with Crippen molar-refractivity contribution in [1.82, 2.24) is 10.2 Å². The van der Waals surface area contributed by atoms with Crippen LogP contribution in [-0.2, 0) is 11.3 Å². The average Bonchev–Trinajstić information content (AvgIpc) is 3.13. The fourth-order valence-electron chi connectivity index (χ4n) is 3.33. The van der Waals surface area contributed by atoms with Crippen molar-refractivity contribution >= 4 is 35.9 Å². The van der Waals surface area contributed by atoms with Crippen molar-refractivity contribution in [3.63, 3.8) is 0 Å². The molecule has 6 nitrogen and oxygen atoms in total. The number of hydrogen-bond acceptors (Lipinski definition) is 4. The van der Waals surface area contributed by atoms with Gasteiger partial charge in [0.15, 0.2) is 5.96 Å². The van der Waals surface area contributed by atoms with Crippen molar-refractivity contribution < 1.29 is 13.9 Å². The Morgan fingerprint density at radius 3 is 2.84 bits per heavy atom. The molecule has 0 spiro atoms. The van der Waals surface area contributed by atoms with Crippen LogP contribution < -0.4 is 5.32 Å². The van der Waals surface area contributed by atoms with E-state index in [1.807, 2.05) is 0 Å². The van der Waals surface area contributed by atoms with E-state index in [-0.39, 0.29) is 29.9 Å². The fraction of sp³-hybridized carbons (Fsp3) is 0.667. The quantitative estimate of drug-likeness (QED) is 0.314. The van der Waals surface area contributed by atoms with E-state index < -0.39 is 0 Å². The van der Waals surface area contributed by atoms with E-state index in [4.69, 9.17) is 9.15 Å². The van der Waals surface area contributed by atoms with Crippen LogP contribution in [0.15, 0.2) is 15.5 Å². The average molecular weight is 463 g/mol. The van der Waals surface area contributed by atoms with Crippen LogP contribution in [-0.4, -0.2) is 44.1 Å². The Bertz CT molecular complexity index is 598. The molecule has 0 amide bonds. The van der Waals surface area contributed by atoms with Gasteiger partial charge in [0.1, 0.15) is 17.1 Å². The summed E-state index contributed by atoms with van der Waals surface area (Å²) in [5.74, 6) is 3.25. The van der Waals surface area contributed by atoms with E-state index in [1.165, 1.54) is 20.0 Å². The molecular weight excluding hydrogens is 433 g/mol. The summed E-state index contributed by atoms with van der Waals surface area (Å²) >= 11 is 0. The Labute approximate surface area is 167 Å². The minimum Gasteiger partial charge on any atom is -0.465 e. The van der Waals surface area contributed by atoms with Crippen LogP contribution >= 0.6 is 24.0 Å². The number of furan rings is 1. The lowest BCUT2D eigenvalue weighted by molar-refractivity contribution is 0.0599. The highest BCUT2D eigenvalue weighted by Crippen LogP contribution is 2.23. The van der Waals surface area contributed by atoms with Gasteiger partial charge in [-0.2, -0.15) is 0 Å². The van der Waals surface area contributed by atoms with Crippen LogP contribution in [0.25, 0.3) is 0 Å². The molecule has 1 aromatic rings. The second-order valence-electron chi connectivity index (χ2n) is 6.81. The number of guanidine groups is 1. The van der Waals surface area contributed by atoms with Gasteiger partial charge in [0.25, 0.3) is 0 Å². The monoisotopic (exact) mass is 463 g/mol. The van der Waals surface area contributed by atoms with Gasteiger partial charge >= 0.3 is 5.97 Å². The highest BCUT2D eigenvalue weighted by molar-refractivity contribution is 14.0. The van der Waals surface area contributed by atoms with E-state index >= 15 is 0 Å². The summed E-state index contributed by atoms with van der Waals surface area (Å²) in [5, 5.41) is 3.33. The molecule has 2 heterocycles. The van der Waals surface area contributed by atoms with Crippen LogP contribution in [0.1, 0.15) is 48.6 Å². The molecule has 7 heteroatoms. The Hall–Kier alpha value is -1.25. The Morgan fingerprint density at radius 1 is 1.52 bits per heavy atom. The number of carbonyl (C=O) groups is 1. The van der Waals surface area contributed by atoms with Crippen molar-refractivity contribution in [2.24, 2.45) is 16.8 Å². The first-order chi connectivity index (χ1) is 11.4. The fourth-order valence-corrected chi connectivity index (χ4v) is 3.33. The zero-order chi connectivity index (χ0) is 17.7. The molecule has 1 atom stereocenters. The van der Waals surface area contributed by atoms with Gasteiger partial charge in [0.05, 0.1) is 13.7 Å². The van der Waals surface area contributed by atoms with Gasteiger partial charge < -0.3 is 19.4 Å². The number of nitrogens with zero attached hydrogens (tertiary/aromatic N) is 2. The molecule has 0 radical (unpaired) electrons. The number of likely N-dealkylation sites (tertiary alicyclic amines) is 1. The molecule has 142 valence electrons. The van der Waals surface area contributed by atoms with Crippen molar-refractivity contribution in [3.8, 4) is 0 Å². The zero-order valence-electron chi connectivity index (χ0n) is 15.8. The molecule has 1 saturated heterocycles. The van der Waals surface area contributed by atoms with Crippen molar-refractivity contribution in [1.29, 1.82) is 0 Å². The molecule has 1 aliphatic rings. The number of halogens is 1. The molecule has 25 heavy (non-hydrogen) atoms. The van der Waals surface area contributed by atoms with Gasteiger partial charge in [-0.05, 0) is 37.7 Å². The minimum atomic E-state index is -0.372. The summed E-state index contributed by atoms with van der Waals surface area (Å²) in [5.41, 5.74) is 0.474. The first-order valence-corrected chi connectivity index (χ1v) is 8.57. The SMILES string of the molecule is CN=C(NCc1cc(C(=O)OC)c(C)o1)N1CCC(CC(C)C)C1.I. The third-order valence-electron chi connectivity index (χ3n) is 4.40.